The van der Waals surface area contributed by atoms with Crippen LogP contribution in [0.5, 0.6) is 0 Å². The maximum absolute atomic E-state index is 13.0. The van der Waals surface area contributed by atoms with Gasteiger partial charge >= 0.3 is 5.97 Å². The molecule has 2 bridgehead atoms. The summed E-state index contributed by atoms with van der Waals surface area (Å²) in [5.74, 6) is 0.780. The van der Waals surface area contributed by atoms with E-state index in [9.17, 15) is 9.59 Å². The number of carbonyl (C=O) groups is 1. The number of rotatable bonds is 2. The van der Waals surface area contributed by atoms with Crippen molar-refractivity contribution in [3.8, 4) is 0 Å². The molecule has 138 valence electrons. The summed E-state index contributed by atoms with van der Waals surface area (Å²) in [6, 6.07) is 3.90. The van der Waals surface area contributed by atoms with Gasteiger partial charge in [0.15, 0.2) is 0 Å². The van der Waals surface area contributed by atoms with E-state index in [1.54, 1.807) is 4.57 Å². The fraction of sp³-hybridized carbons (Fsp3) is 0.550. The third kappa shape index (κ3) is 2.38. The monoisotopic (exact) mass is 418 g/mol. The highest BCUT2D eigenvalue weighted by atomic mass is 79.9. The van der Waals surface area contributed by atoms with Gasteiger partial charge in [-0.15, -0.1) is 0 Å². The standard InChI is InChI=1S/C20H23BrN2O3/c1-12-10-13-15(14(21)11-12)22-17(23(2)16(13)24)19-4-7-20(8-5-19,9-6-19)18(25)26-3/h10-11H,4-9H2,1-3H3. The van der Waals surface area contributed by atoms with Crippen molar-refractivity contribution in [3.05, 3.63) is 38.3 Å². The molecule has 0 unspecified atom stereocenters. The van der Waals surface area contributed by atoms with E-state index in [2.05, 4.69) is 15.9 Å². The Kier molecular flexibility index (Phi) is 4.03. The minimum absolute atomic E-state index is 0.000784. The summed E-state index contributed by atoms with van der Waals surface area (Å²) in [6.45, 7) is 1.98. The summed E-state index contributed by atoms with van der Waals surface area (Å²) in [5, 5.41) is 0.648. The number of aromatic nitrogens is 2. The SMILES string of the molecule is COC(=O)C12CCC(c3nc4c(Br)cc(C)cc4c(=O)n3C)(CC1)CC2. The zero-order valence-corrected chi connectivity index (χ0v) is 17.0. The molecule has 3 fully saturated rings. The van der Waals surface area contributed by atoms with E-state index in [0.29, 0.717) is 5.39 Å². The van der Waals surface area contributed by atoms with Gasteiger partial charge in [0.25, 0.3) is 5.56 Å². The molecule has 1 heterocycles. The Balaban J connectivity index is 1.83. The fourth-order valence-electron chi connectivity index (χ4n) is 4.99. The van der Waals surface area contributed by atoms with Crippen LogP contribution in [0.15, 0.2) is 21.4 Å². The van der Waals surface area contributed by atoms with Crippen LogP contribution < -0.4 is 5.56 Å². The van der Waals surface area contributed by atoms with Gasteiger partial charge in [-0.1, -0.05) is 0 Å². The molecular weight excluding hydrogens is 396 g/mol. The van der Waals surface area contributed by atoms with Gasteiger partial charge in [-0.05, 0) is 79.1 Å². The number of hydrogen-bond donors (Lipinski definition) is 0. The lowest BCUT2D eigenvalue weighted by molar-refractivity contribution is -0.160. The van der Waals surface area contributed by atoms with E-state index in [1.165, 1.54) is 7.11 Å². The summed E-state index contributed by atoms with van der Waals surface area (Å²) in [6.07, 6.45) is 5.04. The molecular formula is C20H23BrN2O3. The van der Waals surface area contributed by atoms with Crippen LogP contribution in [0.25, 0.3) is 10.9 Å². The van der Waals surface area contributed by atoms with Gasteiger partial charge in [-0.3, -0.25) is 14.2 Å². The van der Waals surface area contributed by atoms with Crippen molar-refractivity contribution in [2.75, 3.05) is 7.11 Å². The molecule has 0 amide bonds. The molecule has 0 aliphatic heterocycles. The Morgan fingerprint density at radius 3 is 2.38 bits per heavy atom. The number of hydrogen-bond acceptors (Lipinski definition) is 4. The first-order valence-corrected chi connectivity index (χ1v) is 9.87. The molecule has 2 aromatic rings. The number of fused-ring (bicyclic) bond motifs is 4. The van der Waals surface area contributed by atoms with E-state index in [1.807, 2.05) is 26.1 Å². The minimum Gasteiger partial charge on any atom is -0.469 e. The third-order valence-corrected chi connectivity index (χ3v) is 7.22. The summed E-state index contributed by atoms with van der Waals surface area (Å²) < 4.78 is 7.65. The second-order valence-corrected chi connectivity index (χ2v) is 8.85. The van der Waals surface area contributed by atoms with Gasteiger partial charge in [0.05, 0.1) is 23.4 Å². The van der Waals surface area contributed by atoms with Crippen LogP contribution in [-0.4, -0.2) is 22.6 Å². The van der Waals surface area contributed by atoms with Gasteiger partial charge in [-0.25, -0.2) is 4.98 Å². The van der Waals surface area contributed by atoms with Crippen molar-refractivity contribution in [2.45, 2.75) is 50.9 Å². The summed E-state index contributed by atoms with van der Waals surface area (Å²) in [5.41, 5.74) is 1.32. The first-order valence-electron chi connectivity index (χ1n) is 9.08. The molecule has 3 aliphatic rings. The molecule has 26 heavy (non-hydrogen) atoms. The third-order valence-electron chi connectivity index (χ3n) is 6.62. The Morgan fingerprint density at radius 2 is 1.81 bits per heavy atom. The number of halogens is 1. The lowest BCUT2D eigenvalue weighted by Crippen LogP contribution is -2.50. The topological polar surface area (TPSA) is 61.2 Å². The maximum atomic E-state index is 13.0. The molecule has 0 radical (unpaired) electrons. The first-order chi connectivity index (χ1) is 12.3. The molecule has 5 nitrogen and oxygen atoms in total. The van der Waals surface area contributed by atoms with Crippen LogP contribution in [0.1, 0.15) is 49.9 Å². The predicted molar refractivity (Wildman–Crippen MR) is 103 cm³/mol. The van der Waals surface area contributed by atoms with Crippen LogP contribution in [0.4, 0.5) is 0 Å². The van der Waals surface area contributed by atoms with Gasteiger partial charge in [0.1, 0.15) is 5.82 Å². The number of ether oxygens (including phenoxy) is 1. The number of methoxy groups -OCH3 is 1. The van der Waals surface area contributed by atoms with Gasteiger partial charge in [0, 0.05) is 16.9 Å². The molecule has 0 atom stereocenters. The van der Waals surface area contributed by atoms with Crippen LogP contribution in [-0.2, 0) is 22.0 Å². The van der Waals surface area contributed by atoms with Crippen LogP contribution in [0.3, 0.4) is 0 Å². The number of carbonyl (C=O) groups excluding carboxylic acids is 1. The molecule has 1 aromatic heterocycles. The molecule has 3 aliphatic carbocycles. The highest BCUT2D eigenvalue weighted by Gasteiger charge is 2.55. The van der Waals surface area contributed by atoms with Gasteiger partial charge < -0.3 is 4.74 Å². The maximum Gasteiger partial charge on any atom is 0.311 e. The zero-order chi connectivity index (χ0) is 18.7. The average Bonchev–Trinajstić information content (AvgIpc) is 2.65. The highest BCUT2D eigenvalue weighted by molar-refractivity contribution is 9.10. The predicted octanol–water partition coefficient (Wildman–Crippen LogP) is 3.77. The van der Waals surface area contributed by atoms with Crippen molar-refractivity contribution in [2.24, 2.45) is 12.5 Å². The van der Waals surface area contributed by atoms with Crippen LogP contribution in [0, 0.1) is 12.3 Å². The Labute approximate surface area is 160 Å². The molecule has 1 aromatic carbocycles. The lowest BCUT2D eigenvalue weighted by atomic mass is 9.53. The second kappa shape index (κ2) is 5.91. The van der Waals surface area contributed by atoms with Crippen molar-refractivity contribution in [1.29, 1.82) is 0 Å². The first kappa shape index (κ1) is 17.7. The van der Waals surface area contributed by atoms with Crippen molar-refractivity contribution in [3.63, 3.8) is 0 Å². The average molecular weight is 419 g/mol. The summed E-state index contributed by atoms with van der Waals surface area (Å²) in [7, 11) is 3.30. The quantitative estimate of drug-likeness (QED) is 0.696. The van der Waals surface area contributed by atoms with Crippen molar-refractivity contribution in [1.82, 2.24) is 9.55 Å². The van der Waals surface area contributed by atoms with E-state index in [0.717, 1.165) is 59.9 Å². The molecule has 3 saturated carbocycles. The number of benzene rings is 1. The molecule has 0 saturated heterocycles. The van der Waals surface area contributed by atoms with Gasteiger partial charge in [-0.2, -0.15) is 0 Å². The Bertz CT molecular complexity index is 955. The molecule has 0 N–H and O–H groups in total. The number of esters is 1. The van der Waals surface area contributed by atoms with Crippen LogP contribution >= 0.6 is 15.9 Å². The fourth-order valence-corrected chi connectivity index (χ4v) is 5.65. The molecule has 6 heteroatoms. The van der Waals surface area contributed by atoms with Gasteiger partial charge in [0.2, 0.25) is 0 Å². The lowest BCUT2D eigenvalue weighted by Gasteiger charge is -2.51. The number of aryl methyl sites for hydroxylation is 1. The Hall–Kier alpha value is -1.69. The highest BCUT2D eigenvalue weighted by Crippen LogP contribution is 2.57. The largest absolute Gasteiger partial charge is 0.469 e. The Morgan fingerprint density at radius 1 is 1.19 bits per heavy atom. The zero-order valence-electron chi connectivity index (χ0n) is 15.4. The number of nitrogens with zero attached hydrogens (tertiary/aromatic N) is 2. The molecule has 5 rings (SSSR count). The molecule has 0 spiro atoms. The van der Waals surface area contributed by atoms with E-state index in [-0.39, 0.29) is 22.4 Å². The van der Waals surface area contributed by atoms with Crippen molar-refractivity contribution >= 4 is 32.8 Å². The summed E-state index contributed by atoms with van der Waals surface area (Å²) >= 11 is 3.58. The van der Waals surface area contributed by atoms with E-state index >= 15 is 0 Å². The second-order valence-electron chi connectivity index (χ2n) is 7.99. The summed E-state index contributed by atoms with van der Waals surface area (Å²) in [4.78, 5) is 30.2. The van der Waals surface area contributed by atoms with E-state index < -0.39 is 0 Å². The smallest absolute Gasteiger partial charge is 0.311 e. The van der Waals surface area contributed by atoms with Crippen molar-refractivity contribution < 1.29 is 9.53 Å². The van der Waals surface area contributed by atoms with Crippen LogP contribution in [0.2, 0.25) is 0 Å². The van der Waals surface area contributed by atoms with E-state index in [4.69, 9.17) is 9.72 Å². The minimum atomic E-state index is -0.329. The normalized spacial score (nSPS) is 27.7.